The van der Waals surface area contributed by atoms with Crippen LogP contribution in [-0.4, -0.2) is 46.6 Å². The number of carbonyl (C=O) groups is 1. The Morgan fingerprint density at radius 3 is 2.73 bits per heavy atom. The number of ether oxygens (including phenoxy) is 2. The molecule has 3 rings (SSSR count). The van der Waals surface area contributed by atoms with Crippen LogP contribution in [0.4, 0.5) is 13.2 Å². The number of nitrogens with zero attached hydrogens (tertiary/aromatic N) is 3. The van der Waals surface area contributed by atoms with Crippen LogP contribution in [0.5, 0.6) is 11.8 Å². The molecule has 138 valence electrons. The Morgan fingerprint density at radius 1 is 1.23 bits per heavy atom. The van der Waals surface area contributed by atoms with E-state index in [0.717, 1.165) is 12.1 Å². The monoisotopic (exact) mass is 367 g/mol. The zero-order valence-electron chi connectivity index (χ0n) is 13.6. The first-order valence-electron chi connectivity index (χ1n) is 7.93. The molecule has 1 unspecified atom stereocenters. The predicted octanol–water partition coefficient (Wildman–Crippen LogP) is 2.55. The summed E-state index contributed by atoms with van der Waals surface area (Å²) in [7, 11) is 0. The number of aromatic nitrogens is 2. The first kappa shape index (κ1) is 18.0. The van der Waals surface area contributed by atoms with Gasteiger partial charge in [0, 0.05) is 25.4 Å². The second kappa shape index (κ2) is 7.59. The Morgan fingerprint density at radius 2 is 2.00 bits per heavy atom. The third-order valence-corrected chi connectivity index (χ3v) is 3.84. The molecule has 0 radical (unpaired) electrons. The highest BCUT2D eigenvalue weighted by Gasteiger charge is 2.31. The molecule has 1 amide bonds. The van der Waals surface area contributed by atoms with E-state index in [1.807, 2.05) is 0 Å². The van der Waals surface area contributed by atoms with Crippen molar-refractivity contribution in [3.8, 4) is 11.8 Å². The summed E-state index contributed by atoms with van der Waals surface area (Å²) in [5.74, 6) is -0.319. The molecule has 1 atom stereocenters. The van der Waals surface area contributed by atoms with Crippen molar-refractivity contribution in [2.45, 2.75) is 18.7 Å². The van der Waals surface area contributed by atoms with Gasteiger partial charge in [0.05, 0.1) is 12.1 Å². The molecule has 0 aliphatic carbocycles. The number of benzene rings is 1. The summed E-state index contributed by atoms with van der Waals surface area (Å²) < 4.78 is 48.8. The lowest BCUT2D eigenvalue weighted by molar-refractivity contribution is -0.137. The van der Waals surface area contributed by atoms with Crippen molar-refractivity contribution in [1.29, 1.82) is 0 Å². The highest BCUT2D eigenvalue weighted by molar-refractivity contribution is 5.78. The van der Waals surface area contributed by atoms with Crippen molar-refractivity contribution < 1.29 is 27.4 Å². The van der Waals surface area contributed by atoms with Crippen LogP contribution in [-0.2, 0) is 11.0 Å². The molecule has 1 aromatic carbocycles. The third kappa shape index (κ3) is 4.62. The Kier molecular flexibility index (Phi) is 5.24. The minimum absolute atomic E-state index is 0.00198. The van der Waals surface area contributed by atoms with E-state index in [0.29, 0.717) is 19.5 Å². The van der Waals surface area contributed by atoms with Crippen LogP contribution in [0.15, 0.2) is 42.7 Å². The lowest BCUT2D eigenvalue weighted by Gasteiger charge is -2.17. The number of amides is 1. The first-order valence-corrected chi connectivity index (χ1v) is 7.93. The van der Waals surface area contributed by atoms with Gasteiger partial charge in [0.25, 0.3) is 5.91 Å². The zero-order valence-corrected chi connectivity index (χ0v) is 13.6. The maximum Gasteiger partial charge on any atom is 0.416 e. The molecular weight excluding hydrogens is 351 g/mol. The molecule has 6 nitrogen and oxygen atoms in total. The van der Waals surface area contributed by atoms with Crippen LogP contribution in [0.2, 0.25) is 0 Å². The molecule has 0 saturated carbocycles. The molecule has 0 N–H and O–H groups in total. The Hall–Kier alpha value is -2.84. The van der Waals surface area contributed by atoms with Crippen molar-refractivity contribution in [1.82, 2.24) is 14.9 Å². The van der Waals surface area contributed by atoms with Gasteiger partial charge in [0.15, 0.2) is 6.61 Å². The Labute approximate surface area is 147 Å². The van der Waals surface area contributed by atoms with Crippen molar-refractivity contribution in [2.24, 2.45) is 0 Å². The highest BCUT2D eigenvalue weighted by atomic mass is 19.4. The number of halogens is 3. The lowest BCUT2D eigenvalue weighted by atomic mass is 10.2. The molecule has 1 fully saturated rings. The second-order valence-electron chi connectivity index (χ2n) is 5.71. The van der Waals surface area contributed by atoms with E-state index < -0.39 is 11.7 Å². The van der Waals surface area contributed by atoms with E-state index >= 15 is 0 Å². The van der Waals surface area contributed by atoms with E-state index in [2.05, 4.69) is 9.97 Å². The molecule has 0 bridgehead atoms. The molecule has 2 heterocycles. The fourth-order valence-electron chi connectivity index (χ4n) is 2.54. The van der Waals surface area contributed by atoms with Gasteiger partial charge in [-0.05, 0) is 24.3 Å². The van der Waals surface area contributed by atoms with Gasteiger partial charge in [-0.2, -0.15) is 13.2 Å². The van der Waals surface area contributed by atoms with Crippen molar-refractivity contribution >= 4 is 5.91 Å². The normalized spacial score (nSPS) is 17.2. The fraction of sp³-hybridized carbons (Fsp3) is 0.353. The predicted molar refractivity (Wildman–Crippen MR) is 84.6 cm³/mol. The van der Waals surface area contributed by atoms with E-state index in [4.69, 9.17) is 9.47 Å². The van der Waals surface area contributed by atoms with Gasteiger partial charge in [0.1, 0.15) is 11.9 Å². The molecule has 9 heteroatoms. The van der Waals surface area contributed by atoms with Gasteiger partial charge < -0.3 is 14.4 Å². The summed E-state index contributed by atoms with van der Waals surface area (Å²) in [4.78, 5) is 21.7. The standard InChI is InChI=1S/C17H16F3N3O3/c18-17(19,20)12-3-1-4-13(9-12)25-11-15(24)23-8-5-14(10-23)26-16-21-6-2-7-22-16/h1-4,6-7,9,14H,5,8,10-11H2. The summed E-state index contributed by atoms with van der Waals surface area (Å²) in [5.41, 5.74) is -0.819. The van der Waals surface area contributed by atoms with E-state index in [-0.39, 0.29) is 30.4 Å². The fourth-order valence-corrected chi connectivity index (χ4v) is 2.54. The van der Waals surface area contributed by atoms with Gasteiger partial charge in [-0.25, -0.2) is 9.97 Å². The average Bonchev–Trinajstić information content (AvgIpc) is 3.09. The summed E-state index contributed by atoms with van der Waals surface area (Å²) in [5, 5.41) is 0. The summed E-state index contributed by atoms with van der Waals surface area (Å²) in [6, 6.07) is 6.35. The topological polar surface area (TPSA) is 64.5 Å². The molecule has 2 aromatic rings. The SMILES string of the molecule is O=C(COc1cccc(C(F)(F)F)c1)N1CCC(Oc2ncccn2)C1. The molecule has 0 spiro atoms. The van der Waals surface area contributed by atoms with Crippen molar-refractivity contribution in [3.63, 3.8) is 0 Å². The van der Waals surface area contributed by atoms with E-state index in [9.17, 15) is 18.0 Å². The number of carbonyl (C=O) groups excluding carboxylic acids is 1. The van der Waals surface area contributed by atoms with Gasteiger partial charge in [-0.3, -0.25) is 4.79 Å². The molecule has 1 aliphatic heterocycles. The number of alkyl halides is 3. The quantitative estimate of drug-likeness (QED) is 0.813. The maximum absolute atomic E-state index is 12.7. The molecule has 1 saturated heterocycles. The van der Waals surface area contributed by atoms with Crippen LogP contribution < -0.4 is 9.47 Å². The smallest absolute Gasteiger partial charge is 0.416 e. The van der Waals surface area contributed by atoms with Gasteiger partial charge in [-0.15, -0.1) is 0 Å². The largest absolute Gasteiger partial charge is 0.484 e. The van der Waals surface area contributed by atoms with E-state index in [1.54, 1.807) is 23.4 Å². The average molecular weight is 367 g/mol. The summed E-state index contributed by atoms with van der Waals surface area (Å²) in [6.45, 7) is 0.487. The molecular formula is C17H16F3N3O3. The van der Waals surface area contributed by atoms with Gasteiger partial charge >= 0.3 is 12.2 Å². The minimum Gasteiger partial charge on any atom is -0.484 e. The van der Waals surface area contributed by atoms with Gasteiger partial charge in [-0.1, -0.05) is 6.07 Å². The summed E-state index contributed by atoms with van der Waals surface area (Å²) in [6.07, 6.45) is -0.947. The Bertz CT molecular complexity index is 756. The number of rotatable bonds is 5. The van der Waals surface area contributed by atoms with Crippen molar-refractivity contribution in [3.05, 3.63) is 48.3 Å². The van der Waals surface area contributed by atoms with Gasteiger partial charge in [0.2, 0.25) is 0 Å². The van der Waals surface area contributed by atoms with Crippen LogP contribution in [0.25, 0.3) is 0 Å². The highest BCUT2D eigenvalue weighted by Crippen LogP contribution is 2.31. The molecule has 1 aliphatic rings. The van der Waals surface area contributed by atoms with Crippen LogP contribution >= 0.6 is 0 Å². The second-order valence-corrected chi connectivity index (χ2v) is 5.71. The molecule has 1 aromatic heterocycles. The lowest BCUT2D eigenvalue weighted by Crippen LogP contribution is -2.34. The third-order valence-electron chi connectivity index (χ3n) is 3.84. The molecule has 26 heavy (non-hydrogen) atoms. The van der Waals surface area contributed by atoms with Crippen molar-refractivity contribution in [2.75, 3.05) is 19.7 Å². The van der Waals surface area contributed by atoms with Crippen LogP contribution in [0.3, 0.4) is 0 Å². The minimum atomic E-state index is -4.46. The zero-order chi connectivity index (χ0) is 18.6. The summed E-state index contributed by atoms with van der Waals surface area (Å²) >= 11 is 0. The number of hydrogen-bond donors (Lipinski definition) is 0. The van der Waals surface area contributed by atoms with Crippen LogP contribution in [0.1, 0.15) is 12.0 Å². The Balaban J connectivity index is 1.50. The van der Waals surface area contributed by atoms with Crippen LogP contribution in [0, 0.1) is 0 Å². The maximum atomic E-state index is 12.7. The number of likely N-dealkylation sites (tertiary alicyclic amines) is 1. The first-order chi connectivity index (χ1) is 12.4. The number of hydrogen-bond acceptors (Lipinski definition) is 5. The van der Waals surface area contributed by atoms with E-state index in [1.165, 1.54) is 12.1 Å².